The van der Waals surface area contributed by atoms with Crippen LogP contribution in [0.4, 0.5) is 0 Å². The van der Waals surface area contributed by atoms with Crippen molar-refractivity contribution < 1.29 is 33.2 Å². The van der Waals surface area contributed by atoms with Crippen molar-refractivity contribution in [2.75, 3.05) is 13.2 Å². The van der Waals surface area contributed by atoms with Gasteiger partial charge in [-0.05, 0) is 29.5 Å². The second kappa shape index (κ2) is 16.3. The molecule has 2 aliphatic heterocycles. The fourth-order valence-electron chi connectivity index (χ4n) is 5.75. The van der Waals surface area contributed by atoms with Gasteiger partial charge >= 0.3 is 5.97 Å². The van der Waals surface area contributed by atoms with E-state index in [9.17, 15) is 0 Å². The summed E-state index contributed by atoms with van der Waals surface area (Å²) in [5, 5.41) is 0. The molecule has 0 N–H and O–H groups in total. The van der Waals surface area contributed by atoms with Crippen LogP contribution < -0.4 is 0 Å². The third kappa shape index (κ3) is 8.18. The Morgan fingerprint density at radius 3 is 1.78 bits per heavy atom. The van der Waals surface area contributed by atoms with E-state index in [1.807, 2.05) is 127 Å². The molecule has 2 saturated heterocycles. The molecule has 2 aliphatic rings. The Labute approximate surface area is 271 Å². The summed E-state index contributed by atoms with van der Waals surface area (Å²) in [7, 11) is 0. The molecule has 0 aromatic heterocycles. The lowest BCUT2D eigenvalue weighted by atomic mass is 9.98. The van der Waals surface area contributed by atoms with Gasteiger partial charge in [-0.25, -0.2) is 0 Å². The Morgan fingerprint density at radius 2 is 1.20 bits per heavy atom. The molecule has 1 unspecified atom stereocenters. The Kier molecular flexibility index (Phi) is 11.4. The van der Waals surface area contributed by atoms with Crippen LogP contribution in [-0.4, -0.2) is 43.9 Å². The monoisotopic (exact) mass is 622 g/mol. The lowest BCUT2D eigenvalue weighted by molar-refractivity contribution is -0.367. The lowest BCUT2D eigenvalue weighted by Crippen LogP contribution is -2.59. The minimum Gasteiger partial charge on any atom is -0.374 e. The summed E-state index contributed by atoms with van der Waals surface area (Å²) in [5.41, 5.74) is 3.90. The standard InChI is InChI=1S/C39H42O7/c1-2-3-16-25-43-39(33-23-14-7-15-24-33)45-37-36(42-28-32-21-12-6-13-22-32)35(41-27-31-19-10-5-11-20-31)34(44-38(37)46-39)29-40-26-30-17-8-4-9-18-30/h2,4-15,17-24,34-38H,1,3,16,25-29H2/t34-,35+,36+,37-,38-,39?/m1/s1. The highest BCUT2D eigenvalue weighted by Crippen LogP contribution is 2.45. The highest BCUT2D eigenvalue weighted by Gasteiger charge is 2.60. The summed E-state index contributed by atoms with van der Waals surface area (Å²) < 4.78 is 46.1. The topological polar surface area (TPSA) is 64.6 Å². The quantitative estimate of drug-likeness (QED) is 0.0959. The molecule has 4 aromatic rings. The molecule has 0 radical (unpaired) electrons. The molecule has 6 rings (SSSR count). The zero-order valence-electron chi connectivity index (χ0n) is 26.0. The summed E-state index contributed by atoms with van der Waals surface area (Å²) in [6, 6.07) is 39.9. The van der Waals surface area contributed by atoms with Crippen LogP contribution in [0.2, 0.25) is 0 Å². The number of hydrogen-bond donors (Lipinski definition) is 0. The van der Waals surface area contributed by atoms with Crippen LogP contribution >= 0.6 is 0 Å². The smallest absolute Gasteiger partial charge is 0.314 e. The zero-order chi connectivity index (χ0) is 31.4. The second-order valence-electron chi connectivity index (χ2n) is 11.5. The molecular weight excluding hydrogens is 580 g/mol. The van der Waals surface area contributed by atoms with E-state index in [4.69, 9.17) is 33.2 Å². The molecule has 2 fully saturated rings. The maximum atomic E-state index is 6.78. The van der Waals surface area contributed by atoms with Crippen LogP contribution in [0.1, 0.15) is 35.1 Å². The molecule has 0 saturated carbocycles. The largest absolute Gasteiger partial charge is 0.374 e. The lowest BCUT2D eigenvalue weighted by Gasteiger charge is -2.42. The van der Waals surface area contributed by atoms with Crippen molar-refractivity contribution in [3.05, 3.63) is 156 Å². The first-order valence-electron chi connectivity index (χ1n) is 16.0. The summed E-state index contributed by atoms with van der Waals surface area (Å²) in [6.45, 7) is 5.69. The van der Waals surface area contributed by atoms with E-state index < -0.39 is 36.7 Å². The molecule has 0 spiro atoms. The Morgan fingerprint density at radius 1 is 0.652 bits per heavy atom. The van der Waals surface area contributed by atoms with Gasteiger partial charge in [0.2, 0.25) is 0 Å². The molecular formula is C39H42O7. The van der Waals surface area contributed by atoms with Crippen molar-refractivity contribution in [1.29, 1.82) is 0 Å². The van der Waals surface area contributed by atoms with Crippen molar-refractivity contribution in [2.24, 2.45) is 0 Å². The molecule has 4 aromatic carbocycles. The van der Waals surface area contributed by atoms with Gasteiger partial charge in [0.1, 0.15) is 24.4 Å². The van der Waals surface area contributed by atoms with Gasteiger partial charge in [0.25, 0.3) is 0 Å². The highest BCUT2D eigenvalue weighted by molar-refractivity contribution is 5.20. The molecule has 46 heavy (non-hydrogen) atoms. The van der Waals surface area contributed by atoms with Gasteiger partial charge in [-0.15, -0.1) is 6.58 Å². The number of ether oxygens (including phenoxy) is 7. The van der Waals surface area contributed by atoms with E-state index in [0.717, 1.165) is 35.1 Å². The number of rotatable bonds is 16. The Hall–Kier alpha value is -3.66. The van der Waals surface area contributed by atoms with Crippen LogP contribution in [0.25, 0.3) is 0 Å². The average Bonchev–Trinajstić information content (AvgIpc) is 3.49. The third-order valence-electron chi connectivity index (χ3n) is 8.09. The summed E-state index contributed by atoms with van der Waals surface area (Å²) in [5.74, 6) is -1.48. The van der Waals surface area contributed by atoms with Crippen molar-refractivity contribution in [2.45, 2.75) is 69.3 Å². The van der Waals surface area contributed by atoms with Gasteiger partial charge in [0.15, 0.2) is 6.29 Å². The molecule has 0 aliphatic carbocycles. The molecule has 0 amide bonds. The molecule has 240 valence electrons. The maximum absolute atomic E-state index is 6.78. The Bertz CT molecular complexity index is 1450. The van der Waals surface area contributed by atoms with Crippen molar-refractivity contribution in [1.82, 2.24) is 0 Å². The summed E-state index contributed by atoms with van der Waals surface area (Å²) in [4.78, 5) is 0. The van der Waals surface area contributed by atoms with Crippen LogP contribution in [0, 0.1) is 0 Å². The number of fused-ring (bicyclic) bond motifs is 1. The molecule has 7 heteroatoms. The number of benzene rings is 4. The predicted octanol–water partition coefficient (Wildman–Crippen LogP) is 7.31. The fourth-order valence-corrected chi connectivity index (χ4v) is 5.75. The SMILES string of the molecule is C=CCCCOC1(c2ccccc2)O[C@H]2O[C@H](COCc3ccccc3)[C@H](OCc3ccccc3)[C@H](OCc3ccccc3)[C@H]2O1. The molecule has 2 heterocycles. The molecule has 7 nitrogen and oxygen atoms in total. The minimum absolute atomic E-state index is 0.269. The predicted molar refractivity (Wildman–Crippen MR) is 174 cm³/mol. The fraction of sp³-hybridized carbons (Fsp3) is 0.333. The van der Waals surface area contributed by atoms with E-state index in [1.165, 1.54) is 0 Å². The minimum atomic E-state index is -1.48. The first kappa shape index (κ1) is 32.3. The second-order valence-corrected chi connectivity index (χ2v) is 11.5. The zero-order valence-corrected chi connectivity index (χ0v) is 26.0. The highest BCUT2D eigenvalue weighted by atomic mass is 16.9. The van der Waals surface area contributed by atoms with E-state index in [-0.39, 0.29) is 6.61 Å². The molecule has 6 atom stereocenters. The van der Waals surface area contributed by atoms with Gasteiger partial charge in [0.05, 0.1) is 33.0 Å². The van der Waals surface area contributed by atoms with Crippen LogP contribution in [0.5, 0.6) is 0 Å². The van der Waals surface area contributed by atoms with Gasteiger partial charge in [0, 0.05) is 5.56 Å². The van der Waals surface area contributed by atoms with Crippen molar-refractivity contribution in [3.63, 3.8) is 0 Å². The van der Waals surface area contributed by atoms with Crippen LogP contribution in [0.3, 0.4) is 0 Å². The number of allylic oxidation sites excluding steroid dienone is 1. The number of hydrogen-bond acceptors (Lipinski definition) is 7. The normalized spacial score (nSPS) is 25.6. The van der Waals surface area contributed by atoms with Gasteiger partial charge < -0.3 is 28.4 Å². The van der Waals surface area contributed by atoms with E-state index in [0.29, 0.717) is 26.4 Å². The van der Waals surface area contributed by atoms with Crippen LogP contribution in [-0.2, 0) is 59.0 Å². The first-order chi connectivity index (χ1) is 22.7. The van der Waals surface area contributed by atoms with E-state index >= 15 is 0 Å². The third-order valence-corrected chi connectivity index (χ3v) is 8.09. The first-order valence-corrected chi connectivity index (χ1v) is 16.0. The van der Waals surface area contributed by atoms with Gasteiger partial charge in [-0.2, -0.15) is 0 Å². The van der Waals surface area contributed by atoms with Crippen molar-refractivity contribution >= 4 is 0 Å². The van der Waals surface area contributed by atoms with Crippen molar-refractivity contribution in [3.8, 4) is 0 Å². The summed E-state index contributed by atoms with van der Waals surface area (Å²) in [6.07, 6.45) is 0.426. The molecule has 0 bridgehead atoms. The van der Waals surface area contributed by atoms with Gasteiger partial charge in [-0.3, -0.25) is 4.74 Å². The number of unbranched alkanes of at least 4 members (excludes halogenated alkanes) is 1. The Balaban J connectivity index is 1.30. The van der Waals surface area contributed by atoms with E-state index in [2.05, 4.69) is 6.58 Å². The van der Waals surface area contributed by atoms with Gasteiger partial charge in [-0.1, -0.05) is 127 Å². The van der Waals surface area contributed by atoms with E-state index in [1.54, 1.807) is 0 Å². The summed E-state index contributed by atoms with van der Waals surface area (Å²) >= 11 is 0. The average molecular weight is 623 g/mol. The maximum Gasteiger partial charge on any atom is 0.314 e. The van der Waals surface area contributed by atoms with Crippen LogP contribution in [0.15, 0.2) is 134 Å².